The van der Waals surface area contributed by atoms with E-state index >= 15 is 0 Å². The summed E-state index contributed by atoms with van der Waals surface area (Å²) >= 11 is 0. The first kappa shape index (κ1) is 28.5. The topological polar surface area (TPSA) is 131 Å². The molecule has 0 heterocycles. The second kappa shape index (κ2) is 13.9. The molecule has 2 aromatic carbocycles. The number of para-hydroxylation sites is 1. The van der Waals surface area contributed by atoms with Gasteiger partial charge in [0.15, 0.2) is 0 Å². The molecule has 8 heteroatoms. The van der Waals surface area contributed by atoms with E-state index in [4.69, 9.17) is 19.4 Å². The molecule has 180 valence electrons. The van der Waals surface area contributed by atoms with Crippen molar-refractivity contribution < 1.29 is 34.7 Å². The first-order chi connectivity index (χ1) is 15.1. The summed E-state index contributed by atoms with van der Waals surface area (Å²) in [6.45, 7) is 7.88. The van der Waals surface area contributed by atoms with E-state index in [0.29, 0.717) is 17.6 Å². The fourth-order valence-electron chi connectivity index (χ4n) is 3.18. The Hall–Kier alpha value is -1.57. The number of hydrogen-bond donors (Lipinski definition) is 6. The summed E-state index contributed by atoms with van der Waals surface area (Å²) in [4.78, 5) is 21.7. The third-order valence-electron chi connectivity index (χ3n) is 5.35. The predicted molar refractivity (Wildman–Crippen MR) is 127 cm³/mol. The minimum absolute atomic E-state index is 0.0524. The van der Waals surface area contributed by atoms with Crippen molar-refractivity contribution in [1.29, 1.82) is 0 Å². The number of rotatable bonds is 10. The summed E-state index contributed by atoms with van der Waals surface area (Å²) in [6.07, 6.45) is 0.742. The molecular weight excluding hydrogens is 431 g/mol. The van der Waals surface area contributed by atoms with Crippen molar-refractivity contribution in [2.45, 2.75) is 46.0 Å². The highest BCUT2D eigenvalue weighted by Crippen LogP contribution is 2.30. The minimum Gasteiger partial charge on any atom is -0.492 e. The highest BCUT2D eigenvalue weighted by Gasteiger charge is 2.29. The van der Waals surface area contributed by atoms with Crippen molar-refractivity contribution in [2.75, 3.05) is 26.4 Å². The van der Waals surface area contributed by atoms with E-state index in [-0.39, 0.29) is 26.4 Å². The lowest BCUT2D eigenvalue weighted by molar-refractivity contribution is -0.0260. The van der Waals surface area contributed by atoms with Gasteiger partial charge in [0.25, 0.3) is 0 Å². The third kappa shape index (κ3) is 8.75. The summed E-state index contributed by atoms with van der Waals surface area (Å²) in [5.41, 5.74) is 3.96. The number of benzene rings is 2. The molecule has 0 amide bonds. The highest BCUT2D eigenvalue weighted by atomic mass is 31.2. The van der Waals surface area contributed by atoms with Crippen LogP contribution in [-0.4, -0.2) is 56.4 Å². The van der Waals surface area contributed by atoms with Crippen molar-refractivity contribution in [3.05, 3.63) is 64.7 Å². The molecule has 0 bridgehead atoms. The van der Waals surface area contributed by atoms with Gasteiger partial charge in [-0.15, -0.1) is 0 Å². The van der Waals surface area contributed by atoms with E-state index < -0.39 is 14.0 Å². The van der Waals surface area contributed by atoms with Crippen molar-refractivity contribution in [3.8, 4) is 5.75 Å². The summed E-state index contributed by atoms with van der Waals surface area (Å²) in [6, 6.07) is 14.5. The average Bonchev–Trinajstić information content (AvgIpc) is 2.75. The van der Waals surface area contributed by atoms with Gasteiger partial charge in [-0.05, 0) is 40.2 Å². The normalized spacial score (nSPS) is 11.7. The van der Waals surface area contributed by atoms with Crippen LogP contribution in [0.3, 0.4) is 0 Å². The van der Waals surface area contributed by atoms with Crippen molar-refractivity contribution in [3.63, 3.8) is 0 Å². The Morgan fingerprint density at radius 1 is 0.812 bits per heavy atom. The van der Waals surface area contributed by atoms with Gasteiger partial charge in [0.2, 0.25) is 0 Å². The van der Waals surface area contributed by atoms with Crippen LogP contribution in [0.25, 0.3) is 0 Å². The Labute approximate surface area is 192 Å². The lowest BCUT2D eigenvalue weighted by Crippen LogP contribution is -2.39. The maximum atomic E-state index is 9.53. The van der Waals surface area contributed by atoms with E-state index in [1.807, 2.05) is 24.3 Å². The first-order valence-electron chi connectivity index (χ1n) is 10.6. The van der Waals surface area contributed by atoms with E-state index in [1.54, 1.807) is 0 Å². The molecule has 0 unspecified atom stereocenters. The quantitative estimate of drug-likeness (QED) is 0.296. The summed E-state index contributed by atoms with van der Waals surface area (Å²) in [5, 5.41) is 28.6. The fourth-order valence-corrected chi connectivity index (χ4v) is 3.18. The van der Waals surface area contributed by atoms with Crippen LogP contribution >= 0.6 is 8.60 Å². The smallest absolute Gasteiger partial charge is 0.324 e. The van der Waals surface area contributed by atoms with Crippen LogP contribution in [0.1, 0.15) is 61.8 Å². The van der Waals surface area contributed by atoms with Crippen LogP contribution in [0.4, 0.5) is 0 Å². The van der Waals surface area contributed by atoms with Gasteiger partial charge in [0, 0.05) is 6.42 Å². The number of aliphatic hydroxyl groups excluding tert-OH is 3. The van der Waals surface area contributed by atoms with Gasteiger partial charge in [-0.25, -0.2) is 0 Å². The Bertz CT molecular complexity index is 794. The average molecular weight is 469 g/mol. The molecule has 0 fully saturated rings. The second-order valence-corrected chi connectivity index (χ2v) is 9.12. The monoisotopic (exact) mass is 468 g/mol. The molecule has 0 aliphatic rings. The Morgan fingerprint density at radius 3 is 1.88 bits per heavy atom. The van der Waals surface area contributed by atoms with E-state index in [2.05, 4.69) is 45.9 Å². The van der Waals surface area contributed by atoms with Gasteiger partial charge in [-0.2, -0.15) is 0 Å². The zero-order chi connectivity index (χ0) is 24.3. The number of ether oxygens (including phenoxy) is 1. The van der Waals surface area contributed by atoms with E-state index in [1.165, 1.54) is 16.7 Å². The van der Waals surface area contributed by atoms with Crippen molar-refractivity contribution >= 4 is 8.60 Å². The van der Waals surface area contributed by atoms with E-state index in [9.17, 15) is 15.3 Å². The molecule has 0 spiro atoms. The Kier molecular flexibility index (Phi) is 12.3. The SMILES string of the molecule is CC(C)c1ccc(Cc2ccccc2OCC(CO)(CO)CO)c(C(C)C)c1.OP(O)O. The van der Waals surface area contributed by atoms with Gasteiger partial charge in [0.05, 0.1) is 25.2 Å². The number of hydrogen-bond acceptors (Lipinski definition) is 7. The molecule has 0 aliphatic heterocycles. The maximum absolute atomic E-state index is 9.53. The van der Waals surface area contributed by atoms with Crippen molar-refractivity contribution in [1.82, 2.24) is 0 Å². The molecule has 2 aromatic rings. The molecule has 0 aromatic heterocycles. The summed E-state index contributed by atoms with van der Waals surface area (Å²) < 4.78 is 5.93. The molecule has 0 saturated carbocycles. The van der Waals surface area contributed by atoms with Gasteiger partial charge in [-0.1, -0.05) is 64.1 Å². The summed E-state index contributed by atoms with van der Waals surface area (Å²) in [7, 11) is -2.62. The van der Waals surface area contributed by atoms with Crippen LogP contribution in [0.5, 0.6) is 5.75 Å². The number of aliphatic hydroxyl groups is 3. The van der Waals surface area contributed by atoms with Crippen molar-refractivity contribution in [2.24, 2.45) is 5.41 Å². The van der Waals surface area contributed by atoms with Crippen LogP contribution in [0, 0.1) is 5.41 Å². The lowest BCUT2D eigenvalue weighted by Gasteiger charge is -2.27. The molecule has 32 heavy (non-hydrogen) atoms. The predicted octanol–water partition coefficient (Wildman–Crippen LogP) is 3.06. The minimum atomic E-state index is -2.62. The fraction of sp³-hybridized carbons (Fsp3) is 0.500. The second-order valence-electron chi connectivity index (χ2n) is 8.58. The molecule has 0 aliphatic carbocycles. The maximum Gasteiger partial charge on any atom is 0.324 e. The van der Waals surface area contributed by atoms with E-state index in [0.717, 1.165) is 12.0 Å². The summed E-state index contributed by atoms with van der Waals surface area (Å²) in [5.74, 6) is 1.63. The molecule has 6 N–H and O–H groups in total. The van der Waals surface area contributed by atoms with Gasteiger partial charge >= 0.3 is 8.60 Å². The largest absolute Gasteiger partial charge is 0.492 e. The first-order valence-corrected chi connectivity index (χ1v) is 11.8. The molecule has 0 saturated heterocycles. The standard InChI is InChI=1S/C24H34O4.H3O3P/c1-17(2)19-9-10-20(22(12-19)18(3)4)11-21-7-5-6-8-23(21)28-16-24(13-25,14-26)15-27;1-4(2)3/h5-10,12,17-18,25-27H,11,13-16H2,1-4H3;1-3H. The molecule has 2 rings (SSSR count). The van der Waals surface area contributed by atoms with Gasteiger partial charge in [-0.3, -0.25) is 0 Å². The van der Waals surface area contributed by atoms with Crippen LogP contribution < -0.4 is 4.74 Å². The molecule has 0 atom stereocenters. The third-order valence-corrected chi connectivity index (χ3v) is 5.35. The zero-order valence-corrected chi connectivity index (χ0v) is 20.2. The molecule has 0 radical (unpaired) electrons. The van der Waals surface area contributed by atoms with Gasteiger partial charge < -0.3 is 34.7 Å². The Balaban J connectivity index is 0.00000118. The lowest BCUT2D eigenvalue weighted by atomic mass is 9.89. The van der Waals surface area contributed by atoms with Crippen LogP contribution in [0.2, 0.25) is 0 Å². The van der Waals surface area contributed by atoms with Crippen LogP contribution in [0.15, 0.2) is 42.5 Å². The molecular formula is C24H37O7P. The van der Waals surface area contributed by atoms with Gasteiger partial charge in [0.1, 0.15) is 12.4 Å². The highest BCUT2D eigenvalue weighted by molar-refractivity contribution is 7.38. The molecule has 7 nitrogen and oxygen atoms in total. The van der Waals surface area contributed by atoms with Crippen LogP contribution in [-0.2, 0) is 6.42 Å². The zero-order valence-electron chi connectivity index (χ0n) is 19.3. The Morgan fingerprint density at radius 2 is 1.38 bits per heavy atom.